The van der Waals surface area contributed by atoms with E-state index in [1.807, 2.05) is 0 Å². The van der Waals surface area contributed by atoms with Gasteiger partial charge in [-0.05, 0) is 0 Å². The predicted molar refractivity (Wildman–Crippen MR) is 3.43 cm³/mol. The Kier molecular flexibility index (Phi) is 21900. The van der Waals surface area contributed by atoms with Gasteiger partial charge in [0.2, 0.25) is 0 Å². The molecule has 0 radical (unpaired) electrons. The van der Waals surface area contributed by atoms with E-state index in [1.54, 1.807) is 0 Å². The molecular formula is HfO5-6. The SMILES string of the molecule is [Hf+4].[O-2].[O-2].[O-2].[O-2].[O-2]. The molecule has 0 saturated carbocycles. The van der Waals surface area contributed by atoms with E-state index < -0.39 is 0 Å². The summed E-state index contributed by atoms with van der Waals surface area (Å²) in [5.41, 5.74) is 0. The first-order valence-corrected chi connectivity index (χ1v) is 0. The van der Waals surface area contributed by atoms with Crippen LogP contribution in [0.15, 0.2) is 0 Å². The monoisotopic (exact) mass is 260 g/mol. The fourth-order valence-electron chi connectivity index (χ4n) is 0. The van der Waals surface area contributed by atoms with Crippen LogP contribution in [-0.2, 0) is 53.2 Å². The van der Waals surface area contributed by atoms with Gasteiger partial charge in [-0.3, -0.25) is 0 Å². The molecule has 0 aromatic carbocycles. The standard InChI is InChI=1S/Hf.5O/q+4;5*-2. The van der Waals surface area contributed by atoms with Crippen molar-refractivity contribution >= 4 is 0 Å². The molecule has 0 aliphatic heterocycles. The van der Waals surface area contributed by atoms with E-state index in [0.29, 0.717) is 0 Å². The first-order chi connectivity index (χ1) is 0. The van der Waals surface area contributed by atoms with E-state index in [4.69, 9.17) is 0 Å². The third-order valence-electron chi connectivity index (χ3n) is 0. The van der Waals surface area contributed by atoms with Crippen molar-refractivity contribution < 1.29 is 53.2 Å². The molecule has 0 spiro atoms. The number of rotatable bonds is 0. The smallest absolute Gasteiger partial charge is 2.00 e. The molecule has 0 rings (SSSR count). The van der Waals surface area contributed by atoms with E-state index in [-0.39, 0.29) is 53.2 Å². The van der Waals surface area contributed by atoms with Crippen LogP contribution in [0.5, 0.6) is 0 Å². The van der Waals surface area contributed by atoms with E-state index >= 15 is 0 Å². The van der Waals surface area contributed by atoms with Crippen molar-refractivity contribution in [1.82, 2.24) is 0 Å². The Morgan fingerprint density at radius 2 is 0.333 bits per heavy atom. The van der Waals surface area contributed by atoms with Crippen LogP contribution in [0.1, 0.15) is 0 Å². The maximum atomic E-state index is 0. The minimum atomic E-state index is 0. The Labute approximate surface area is 53.7 Å². The van der Waals surface area contributed by atoms with Gasteiger partial charge >= 0.3 is 25.8 Å². The molecule has 0 heterocycles. The van der Waals surface area contributed by atoms with Gasteiger partial charge in [0.05, 0.1) is 0 Å². The molecular weight excluding hydrogens is 258 g/mol. The van der Waals surface area contributed by atoms with Crippen LogP contribution >= 0.6 is 0 Å². The summed E-state index contributed by atoms with van der Waals surface area (Å²) in [4.78, 5) is 0. The van der Waals surface area contributed by atoms with Crippen molar-refractivity contribution in [2.24, 2.45) is 0 Å². The minimum absolute atomic E-state index is 0. The average molecular weight is 258 g/mol. The van der Waals surface area contributed by atoms with Crippen molar-refractivity contribution in [1.29, 1.82) is 0 Å². The fraction of sp³-hybridized carbons (Fsp3) is 0. The molecule has 0 amide bonds. The van der Waals surface area contributed by atoms with Crippen molar-refractivity contribution in [2.45, 2.75) is 0 Å². The summed E-state index contributed by atoms with van der Waals surface area (Å²) in [5.74, 6) is 0. The summed E-state index contributed by atoms with van der Waals surface area (Å²) in [6.07, 6.45) is 0. The quantitative estimate of drug-likeness (QED) is 0.511. The van der Waals surface area contributed by atoms with Gasteiger partial charge in [-0.2, -0.15) is 0 Å². The molecule has 6 heavy (non-hydrogen) atoms. The molecule has 0 aromatic rings. The predicted octanol–water partition coefficient (Wildman–Crippen LogP) is -0.597. The molecule has 0 unspecified atom stereocenters. The van der Waals surface area contributed by atoms with Gasteiger partial charge in [0, 0.05) is 0 Å². The molecule has 6 heteroatoms. The first-order valence-electron chi connectivity index (χ1n) is 0. The van der Waals surface area contributed by atoms with Gasteiger partial charge in [0.15, 0.2) is 0 Å². The normalized spacial score (nSPS) is 0. The van der Waals surface area contributed by atoms with Crippen LogP contribution < -0.4 is 0 Å². The second kappa shape index (κ2) is 275. The molecule has 0 bridgehead atoms. The van der Waals surface area contributed by atoms with Crippen molar-refractivity contribution in [3.63, 3.8) is 0 Å². The Morgan fingerprint density at radius 1 is 0.333 bits per heavy atom. The Bertz CT molecular complexity index is 3.90. The Hall–Kier alpha value is 0.670. The Balaban J connectivity index is 0. The van der Waals surface area contributed by atoms with E-state index in [9.17, 15) is 0 Å². The topological polar surface area (TPSA) is 142 Å². The molecule has 0 N–H and O–H groups in total. The second-order valence-corrected chi connectivity index (χ2v) is 0. The molecule has 5 nitrogen and oxygen atoms in total. The molecule has 40 valence electrons. The van der Waals surface area contributed by atoms with Gasteiger partial charge in [-0.1, -0.05) is 0 Å². The van der Waals surface area contributed by atoms with E-state index in [1.165, 1.54) is 0 Å². The van der Waals surface area contributed by atoms with Gasteiger partial charge < -0.3 is 27.4 Å². The molecule has 0 aliphatic carbocycles. The zero-order valence-electron chi connectivity index (χ0n) is 2.54. The van der Waals surface area contributed by atoms with Gasteiger partial charge in [-0.25, -0.2) is 0 Å². The maximum Gasteiger partial charge on any atom is 4.00 e. The van der Waals surface area contributed by atoms with Crippen LogP contribution in [0, 0.1) is 0 Å². The molecule has 0 aliphatic rings. The van der Waals surface area contributed by atoms with Crippen molar-refractivity contribution in [3.8, 4) is 0 Å². The number of hydrogen-bond donors (Lipinski definition) is 0. The maximum absolute atomic E-state index is 0. The fourth-order valence-corrected chi connectivity index (χ4v) is 0. The zero-order chi connectivity index (χ0) is 0. The zero-order valence-corrected chi connectivity index (χ0v) is 6.13. The summed E-state index contributed by atoms with van der Waals surface area (Å²) in [6.45, 7) is 0. The Morgan fingerprint density at radius 3 is 0.333 bits per heavy atom. The summed E-state index contributed by atoms with van der Waals surface area (Å²) >= 11 is 0. The van der Waals surface area contributed by atoms with E-state index in [2.05, 4.69) is 0 Å². The number of hydrogen-bond acceptors (Lipinski definition) is 0. The van der Waals surface area contributed by atoms with Crippen molar-refractivity contribution in [3.05, 3.63) is 0 Å². The van der Waals surface area contributed by atoms with Crippen LogP contribution in [0.2, 0.25) is 0 Å². The van der Waals surface area contributed by atoms with Crippen LogP contribution in [0.3, 0.4) is 0 Å². The summed E-state index contributed by atoms with van der Waals surface area (Å²) < 4.78 is 0. The summed E-state index contributed by atoms with van der Waals surface area (Å²) in [6, 6.07) is 0. The molecule has 0 aromatic heterocycles. The van der Waals surface area contributed by atoms with Gasteiger partial charge in [-0.15, -0.1) is 0 Å². The summed E-state index contributed by atoms with van der Waals surface area (Å²) in [7, 11) is 0. The third kappa shape index (κ3) is 140. The van der Waals surface area contributed by atoms with Crippen LogP contribution in [0.4, 0.5) is 0 Å². The van der Waals surface area contributed by atoms with Crippen LogP contribution in [0.25, 0.3) is 0 Å². The minimum Gasteiger partial charge on any atom is -2.00 e. The van der Waals surface area contributed by atoms with Gasteiger partial charge in [0.1, 0.15) is 0 Å². The molecule has 0 atom stereocenters. The summed E-state index contributed by atoms with van der Waals surface area (Å²) in [5, 5.41) is 0. The van der Waals surface area contributed by atoms with Gasteiger partial charge in [0.25, 0.3) is 0 Å². The van der Waals surface area contributed by atoms with Crippen molar-refractivity contribution in [2.75, 3.05) is 0 Å². The molecule has 0 fully saturated rings. The largest absolute Gasteiger partial charge is 4.00 e. The van der Waals surface area contributed by atoms with E-state index in [0.717, 1.165) is 0 Å². The third-order valence-corrected chi connectivity index (χ3v) is 0. The second-order valence-electron chi connectivity index (χ2n) is 0. The average Bonchev–Trinajstić information content (AvgIpc) is 0. The van der Waals surface area contributed by atoms with Crippen LogP contribution in [-0.4, -0.2) is 0 Å². The molecule has 0 saturated heterocycles. The first kappa shape index (κ1) is 478.